The molecule has 0 bridgehead atoms. The predicted molar refractivity (Wildman–Crippen MR) is 105 cm³/mol. The number of nitrogens with zero attached hydrogens (tertiary/aromatic N) is 8. The summed E-state index contributed by atoms with van der Waals surface area (Å²) in [5, 5.41) is 25.5. The molecular weight excluding hydrogens is 438 g/mol. The summed E-state index contributed by atoms with van der Waals surface area (Å²) >= 11 is 1.48. The van der Waals surface area contributed by atoms with E-state index in [0.29, 0.717) is 18.0 Å². The number of amides is 2. The quantitative estimate of drug-likeness (QED) is 0.335. The van der Waals surface area contributed by atoms with Crippen molar-refractivity contribution >= 4 is 29.5 Å². The van der Waals surface area contributed by atoms with Crippen LogP contribution in [0.2, 0.25) is 0 Å². The van der Waals surface area contributed by atoms with Gasteiger partial charge in [-0.1, -0.05) is 6.92 Å². The van der Waals surface area contributed by atoms with Crippen molar-refractivity contribution in [2.45, 2.75) is 50.8 Å². The Kier molecular flexibility index (Phi) is 4.95. The van der Waals surface area contributed by atoms with Crippen molar-refractivity contribution in [3.63, 3.8) is 0 Å². The third-order valence-corrected chi connectivity index (χ3v) is 7.66. The van der Waals surface area contributed by atoms with Gasteiger partial charge in [-0.25, -0.2) is 4.68 Å². The number of thioether (sulfide) groups is 1. The summed E-state index contributed by atoms with van der Waals surface area (Å²) in [7, 11) is 0. The van der Waals surface area contributed by atoms with E-state index in [-0.39, 0.29) is 41.3 Å². The zero-order valence-corrected chi connectivity index (χ0v) is 18.2. The highest BCUT2D eigenvalue weighted by atomic mass is 32.2. The van der Waals surface area contributed by atoms with E-state index < -0.39 is 17.9 Å². The van der Waals surface area contributed by atoms with E-state index >= 15 is 0 Å². The van der Waals surface area contributed by atoms with Crippen LogP contribution in [0, 0.1) is 11.8 Å². The standard InChI is InChI=1S/C18H21N9O4S/c1-9-14-13(10(2)21-12(28)5-24-8-20-22-23-24)17(29)27(14)15(18(30)31)16(9)32-11-3-25-6-19-7-26(25)4-11/h6-11,13-14H,3-5H2,1-2H3,(H-,21,28,30,31)/t9-,10?,13-,14-/m1/s1. The number of β-lactam (4-membered cyclic amide) rings is 1. The van der Waals surface area contributed by atoms with Gasteiger partial charge >= 0.3 is 6.33 Å². The van der Waals surface area contributed by atoms with E-state index in [1.165, 1.54) is 27.7 Å². The minimum atomic E-state index is -1.35. The number of carboxylic acids is 1. The average molecular weight is 459 g/mol. The smallest absolute Gasteiger partial charge is 0.306 e. The molecule has 1 fully saturated rings. The lowest BCUT2D eigenvalue weighted by atomic mass is 9.78. The molecule has 5 heterocycles. The van der Waals surface area contributed by atoms with Crippen molar-refractivity contribution in [1.82, 2.24) is 40.1 Å². The molecule has 14 heteroatoms. The van der Waals surface area contributed by atoms with Crippen LogP contribution < -0.4 is 15.1 Å². The molecule has 1 saturated heterocycles. The molecule has 0 radical (unpaired) electrons. The summed E-state index contributed by atoms with van der Waals surface area (Å²) in [6, 6.07) is -0.813. The van der Waals surface area contributed by atoms with Gasteiger partial charge in [0, 0.05) is 16.9 Å². The SMILES string of the molecule is CC(NC(=O)Cn1cnnn1)[C@H]1C(=O)N2C(C(=O)[O-])=C(SC3Cn4cnc[n+]4C3)[C@H](C)[C@H]12. The lowest BCUT2D eigenvalue weighted by Gasteiger charge is -2.48. The van der Waals surface area contributed by atoms with E-state index in [9.17, 15) is 19.5 Å². The molecule has 13 nitrogen and oxygen atoms in total. The largest absolute Gasteiger partial charge is 0.543 e. The maximum absolute atomic E-state index is 12.9. The summed E-state index contributed by atoms with van der Waals surface area (Å²) in [5.41, 5.74) is -0.0410. The van der Waals surface area contributed by atoms with Crippen LogP contribution in [0.15, 0.2) is 29.6 Å². The molecule has 4 atom stereocenters. The predicted octanol–water partition coefficient (Wildman–Crippen LogP) is -3.08. The molecule has 1 unspecified atom stereocenters. The van der Waals surface area contributed by atoms with Crippen LogP contribution in [-0.4, -0.2) is 69.9 Å². The molecule has 3 aliphatic heterocycles. The number of fused-ring (bicyclic) bond motifs is 2. The Bertz CT molecular complexity index is 1090. The molecule has 3 aliphatic rings. The van der Waals surface area contributed by atoms with Crippen molar-refractivity contribution in [2.75, 3.05) is 0 Å². The molecule has 2 aromatic rings. The third-order valence-electron chi connectivity index (χ3n) is 6.21. The maximum Gasteiger partial charge on any atom is 0.306 e. The number of hydrogen-bond donors (Lipinski definition) is 1. The minimum Gasteiger partial charge on any atom is -0.543 e. The zero-order valence-electron chi connectivity index (χ0n) is 17.4. The van der Waals surface area contributed by atoms with Crippen molar-refractivity contribution in [3.05, 3.63) is 29.6 Å². The summed E-state index contributed by atoms with van der Waals surface area (Å²) in [6.45, 7) is 5.01. The van der Waals surface area contributed by atoms with Crippen LogP contribution in [0.4, 0.5) is 0 Å². The number of hydrogen-bond acceptors (Lipinski definition) is 9. The molecule has 32 heavy (non-hydrogen) atoms. The van der Waals surface area contributed by atoms with Crippen LogP contribution in [0.3, 0.4) is 0 Å². The first-order valence-corrected chi connectivity index (χ1v) is 11.1. The summed E-state index contributed by atoms with van der Waals surface area (Å²) in [5.74, 6) is -2.70. The highest BCUT2D eigenvalue weighted by Crippen LogP contribution is 2.51. The van der Waals surface area contributed by atoms with Crippen LogP contribution in [-0.2, 0) is 34.0 Å². The highest BCUT2D eigenvalue weighted by Gasteiger charge is 2.59. The molecule has 168 valence electrons. The highest BCUT2D eigenvalue weighted by molar-refractivity contribution is 8.03. The number of aliphatic carboxylic acids is 1. The molecule has 2 aromatic heterocycles. The van der Waals surface area contributed by atoms with Gasteiger partial charge in [0.25, 0.3) is 0 Å². The van der Waals surface area contributed by atoms with Crippen molar-refractivity contribution in [2.24, 2.45) is 11.8 Å². The monoisotopic (exact) mass is 459 g/mol. The fourth-order valence-corrected chi connectivity index (χ4v) is 6.29. The lowest BCUT2D eigenvalue weighted by Crippen LogP contribution is -2.66. The molecule has 1 N–H and O–H groups in total. The topological polar surface area (TPSA) is 155 Å². The molecule has 2 amide bonds. The van der Waals surface area contributed by atoms with Crippen molar-refractivity contribution in [3.8, 4) is 0 Å². The Balaban J connectivity index is 1.29. The summed E-state index contributed by atoms with van der Waals surface area (Å²) in [4.78, 5) is 43.3. The first kappa shape index (κ1) is 20.6. The number of carboxylic acid groups (broad SMARTS) is 1. The van der Waals surface area contributed by atoms with E-state index in [1.807, 2.05) is 16.3 Å². The number of tetrazole rings is 1. The van der Waals surface area contributed by atoms with Gasteiger partial charge in [0.1, 0.15) is 19.4 Å². The van der Waals surface area contributed by atoms with Crippen LogP contribution >= 0.6 is 11.8 Å². The van der Waals surface area contributed by atoms with Gasteiger partial charge in [-0.15, -0.1) is 16.9 Å². The number of carbonyl (C=O) groups is 3. The minimum absolute atomic E-state index is 0.0410. The zero-order chi connectivity index (χ0) is 22.6. The van der Waals surface area contributed by atoms with Crippen LogP contribution in [0.5, 0.6) is 0 Å². The Morgan fingerprint density at radius 3 is 2.91 bits per heavy atom. The first-order valence-electron chi connectivity index (χ1n) is 10.2. The van der Waals surface area contributed by atoms with E-state index in [4.69, 9.17) is 0 Å². The number of nitrogens with one attached hydrogen (secondary N) is 1. The third kappa shape index (κ3) is 3.25. The fourth-order valence-electron chi connectivity index (χ4n) is 4.83. The normalized spacial score (nSPS) is 27.2. The average Bonchev–Trinajstić information content (AvgIpc) is 3.47. The maximum atomic E-state index is 12.9. The van der Waals surface area contributed by atoms with Gasteiger partial charge in [0.15, 0.2) is 0 Å². The van der Waals surface area contributed by atoms with Gasteiger partial charge in [0.05, 0.1) is 35.4 Å². The van der Waals surface area contributed by atoms with Gasteiger partial charge in [-0.3, -0.25) is 9.59 Å². The second kappa shape index (κ2) is 7.69. The first-order chi connectivity index (χ1) is 15.3. The molecule has 0 aliphatic carbocycles. The van der Waals surface area contributed by atoms with Gasteiger partial charge < -0.3 is 20.1 Å². The molecule has 0 saturated carbocycles. The molecule has 0 aromatic carbocycles. The Morgan fingerprint density at radius 1 is 1.41 bits per heavy atom. The van der Waals surface area contributed by atoms with Crippen LogP contribution in [0.25, 0.3) is 0 Å². The van der Waals surface area contributed by atoms with Gasteiger partial charge in [-0.05, 0) is 22.3 Å². The second-order valence-electron chi connectivity index (χ2n) is 8.24. The van der Waals surface area contributed by atoms with Gasteiger partial charge in [0.2, 0.25) is 18.1 Å². The van der Waals surface area contributed by atoms with E-state index in [0.717, 1.165) is 0 Å². The number of carbonyl (C=O) groups excluding carboxylic acids is 3. The molecule has 5 rings (SSSR count). The number of rotatable bonds is 7. The Labute approximate surface area is 186 Å². The van der Waals surface area contributed by atoms with Gasteiger partial charge in [-0.2, -0.15) is 9.36 Å². The Morgan fingerprint density at radius 2 is 2.22 bits per heavy atom. The van der Waals surface area contributed by atoms with E-state index in [2.05, 4.69) is 25.8 Å². The van der Waals surface area contributed by atoms with E-state index in [1.54, 1.807) is 19.6 Å². The lowest BCUT2D eigenvalue weighted by molar-refractivity contribution is -0.758. The van der Waals surface area contributed by atoms with Crippen LogP contribution in [0.1, 0.15) is 13.8 Å². The van der Waals surface area contributed by atoms with Crippen molar-refractivity contribution < 1.29 is 24.2 Å². The van der Waals surface area contributed by atoms with Crippen molar-refractivity contribution in [1.29, 1.82) is 0 Å². The number of aromatic nitrogens is 7. The molecular formula is C18H21N9O4S. The summed E-state index contributed by atoms with van der Waals surface area (Å²) in [6.07, 6.45) is 4.80. The molecule has 0 spiro atoms. The fraction of sp³-hybridized carbons (Fsp3) is 0.556. The summed E-state index contributed by atoms with van der Waals surface area (Å²) < 4.78 is 5.23. The second-order valence-corrected chi connectivity index (χ2v) is 9.58. The Hall–Kier alpha value is -3.29.